The van der Waals surface area contributed by atoms with Crippen molar-refractivity contribution < 1.29 is 9.90 Å². The van der Waals surface area contributed by atoms with Crippen LogP contribution in [0, 0.1) is 0 Å². The van der Waals surface area contributed by atoms with Crippen LogP contribution in [0.5, 0.6) is 0 Å². The summed E-state index contributed by atoms with van der Waals surface area (Å²) in [6, 6.07) is 4.94. The van der Waals surface area contributed by atoms with Crippen molar-refractivity contribution in [2.75, 3.05) is 0 Å². The molecule has 0 unspecified atom stereocenters. The van der Waals surface area contributed by atoms with E-state index in [1.807, 2.05) is 0 Å². The van der Waals surface area contributed by atoms with Gasteiger partial charge in [0.25, 0.3) is 0 Å². The molecule has 1 aromatic carbocycles. The molecule has 0 aliphatic rings. The fourth-order valence-corrected chi connectivity index (χ4v) is 1.77. The molecule has 0 amide bonds. The second kappa shape index (κ2) is 3.68. The summed E-state index contributed by atoms with van der Waals surface area (Å²) in [4.78, 5) is 14.8. The van der Waals surface area contributed by atoms with Gasteiger partial charge in [-0.05, 0) is 12.1 Å². The first-order valence-electron chi connectivity index (χ1n) is 4.06. The highest BCUT2D eigenvalue weighted by molar-refractivity contribution is 6.35. The van der Waals surface area contributed by atoms with E-state index in [1.54, 1.807) is 18.2 Å². The predicted molar refractivity (Wildman–Crippen MR) is 58.7 cm³/mol. The van der Waals surface area contributed by atoms with Crippen molar-refractivity contribution in [1.82, 2.24) is 4.98 Å². The van der Waals surface area contributed by atoms with E-state index < -0.39 is 5.97 Å². The highest BCUT2D eigenvalue weighted by Gasteiger charge is 2.14. The van der Waals surface area contributed by atoms with E-state index in [9.17, 15) is 4.79 Å². The van der Waals surface area contributed by atoms with Crippen LogP contribution in [0.4, 0.5) is 0 Å². The maximum atomic E-state index is 11.0. The number of fused-ring (bicyclic) bond motifs is 1. The Hall–Kier alpha value is -1.32. The Labute approximate surface area is 95.3 Å². The van der Waals surface area contributed by atoms with Gasteiger partial charge in [0.1, 0.15) is 10.7 Å². The average molecular weight is 242 g/mol. The lowest BCUT2D eigenvalue weighted by Crippen LogP contribution is -2.00. The Morgan fingerprint density at radius 1 is 1.33 bits per heavy atom. The third-order valence-corrected chi connectivity index (χ3v) is 2.54. The van der Waals surface area contributed by atoms with E-state index in [4.69, 9.17) is 28.3 Å². The Kier molecular flexibility index (Phi) is 2.50. The number of benzene rings is 1. The minimum absolute atomic E-state index is 0.0170. The van der Waals surface area contributed by atoms with Gasteiger partial charge in [0.15, 0.2) is 0 Å². The third kappa shape index (κ3) is 1.76. The third-order valence-electron chi connectivity index (χ3n) is 2.02. The minimum Gasteiger partial charge on any atom is -0.478 e. The molecule has 3 nitrogen and oxygen atoms in total. The van der Waals surface area contributed by atoms with Crippen LogP contribution in [0.1, 0.15) is 10.4 Å². The van der Waals surface area contributed by atoms with Gasteiger partial charge < -0.3 is 5.11 Å². The molecule has 15 heavy (non-hydrogen) atoms. The van der Waals surface area contributed by atoms with E-state index in [-0.39, 0.29) is 10.7 Å². The van der Waals surface area contributed by atoms with Gasteiger partial charge in [-0.1, -0.05) is 29.3 Å². The molecule has 0 aliphatic carbocycles. The molecule has 0 spiro atoms. The van der Waals surface area contributed by atoms with Crippen molar-refractivity contribution in [3.63, 3.8) is 0 Å². The van der Waals surface area contributed by atoms with Crippen LogP contribution in [-0.4, -0.2) is 16.1 Å². The van der Waals surface area contributed by atoms with Crippen molar-refractivity contribution in [3.05, 3.63) is 40.1 Å². The van der Waals surface area contributed by atoms with Crippen molar-refractivity contribution in [2.24, 2.45) is 0 Å². The quantitative estimate of drug-likeness (QED) is 0.781. The second-order valence-corrected chi connectivity index (χ2v) is 3.76. The number of nitrogens with zero attached hydrogens (tertiary/aromatic N) is 1. The summed E-state index contributed by atoms with van der Waals surface area (Å²) in [5.74, 6) is -1.11. The number of hydrogen-bond acceptors (Lipinski definition) is 2. The van der Waals surface area contributed by atoms with E-state index in [1.165, 1.54) is 6.20 Å². The first kappa shape index (κ1) is 10.2. The zero-order valence-electron chi connectivity index (χ0n) is 7.37. The van der Waals surface area contributed by atoms with Gasteiger partial charge >= 0.3 is 5.97 Å². The Bertz CT molecular complexity index is 549. The van der Waals surface area contributed by atoms with Crippen molar-refractivity contribution in [1.29, 1.82) is 0 Å². The number of aromatic nitrogens is 1. The molecule has 0 saturated carbocycles. The van der Waals surface area contributed by atoms with Crippen LogP contribution in [0.15, 0.2) is 24.4 Å². The molecule has 76 valence electrons. The molecule has 2 rings (SSSR count). The zero-order chi connectivity index (χ0) is 11.0. The molecule has 1 heterocycles. The largest absolute Gasteiger partial charge is 0.478 e. The molecule has 0 bridgehead atoms. The average Bonchev–Trinajstić information content (AvgIpc) is 2.16. The minimum atomic E-state index is -1.11. The summed E-state index contributed by atoms with van der Waals surface area (Å²) in [6.45, 7) is 0. The summed E-state index contributed by atoms with van der Waals surface area (Å²) in [7, 11) is 0. The monoisotopic (exact) mass is 241 g/mol. The van der Waals surface area contributed by atoms with Gasteiger partial charge in [-0.2, -0.15) is 0 Å². The number of aromatic carboxylic acids is 1. The predicted octanol–water partition coefficient (Wildman–Crippen LogP) is 3.24. The Morgan fingerprint density at radius 3 is 2.73 bits per heavy atom. The number of carboxylic acids is 1. The molecule has 2 aromatic rings. The lowest BCUT2D eigenvalue weighted by Gasteiger charge is -2.04. The number of rotatable bonds is 1. The number of hydrogen-bond donors (Lipinski definition) is 1. The zero-order valence-corrected chi connectivity index (χ0v) is 8.88. The molecular formula is C10H5Cl2NO2. The van der Waals surface area contributed by atoms with Crippen molar-refractivity contribution >= 4 is 39.9 Å². The molecule has 1 N–H and O–H groups in total. The number of halogens is 2. The highest BCUT2D eigenvalue weighted by atomic mass is 35.5. The van der Waals surface area contributed by atoms with Gasteiger partial charge in [0.2, 0.25) is 0 Å². The molecule has 0 saturated heterocycles. The van der Waals surface area contributed by atoms with Gasteiger partial charge in [0, 0.05) is 22.0 Å². The molecule has 0 atom stereocenters. The van der Waals surface area contributed by atoms with Crippen LogP contribution in [-0.2, 0) is 0 Å². The lowest BCUT2D eigenvalue weighted by molar-refractivity contribution is 0.0699. The van der Waals surface area contributed by atoms with Crippen LogP contribution >= 0.6 is 23.2 Å². The fourth-order valence-electron chi connectivity index (χ4n) is 1.36. The van der Waals surface area contributed by atoms with Gasteiger partial charge in [0.05, 0.1) is 0 Å². The molecular weight excluding hydrogens is 237 g/mol. The summed E-state index contributed by atoms with van der Waals surface area (Å²) in [5, 5.41) is 10.6. The first-order valence-corrected chi connectivity index (χ1v) is 4.82. The summed E-state index contributed by atoms with van der Waals surface area (Å²) >= 11 is 11.5. The summed E-state index contributed by atoms with van der Waals surface area (Å²) < 4.78 is 0. The lowest BCUT2D eigenvalue weighted by atomic mass is 10.1. The molecule has 1 aromatic heterocycles. The number of carbonyl (C=O) groups is 1. The molecule has 0 fully saturated rings. The SMILES string of the molecule is O=C(O)c1c(Cl)ncc2ccc(Cl)cc12. The Morgan fingerprint density at radius 2 is 2.07 bits per heavy atom. The standard InChI is InChI=1S/C10H5Cl2NO2/c11-6-2-1-5-4-13-9(12)8(10(14)15)7(5)3-6/h1-4H,(H,14,15). The Balaban J connectivity index is 2.90. The molecule has 0 radical (unpaired) electrons. The maximum absolute atomic E-state index is 11.0. The van der Waals surface area contributed by atoms with E-state index in [0.717, 1.165) is 0 Å². The molecule has 5 heteroatoms. The van der Waals surface area contributed by atoms with Gasteiger partial charge in [-0.25, -0.2) is 9.78 Å². The van der Waals surface area contributed by atoms with Crippen LogP contribution in [0.3, 0.4) is 0 Å². The first-order chi connectivity index (χ1) is 7.09. The topological polar surface area (TPSA) is 50.2 Å². The summed E-state index contributed by atoms with van der Waals surface area (Å²) in [6.07, 6.45) is 1.51. The van der Waals surface area contributed by atoms with Gasteiger partial charge in [-0.15, -0.1) is 0 Å². The summed E-state index contributed by atoms with van der Waals surface area (Å²) in [5.41, 5.74) is -0.0170. The van der Waals surface area contributed by atoms with Crippen molar-refractivity contribution in [3.8, 4) is 0 Å². The molecule has 0 aliphatic heterocycles. The fraction of sp³-hybridized carbons (Fsp3) is 0. The number of pyridine rings is 1. The van der Waals surface area contributed by atoms with Crippen molar-refractivity contribution in [2.45, 2.75) is 0 Å². The van der Waals surface area contributed by atoms with Crippen LogP contribution in [0.25, 0.3) is 10.8 Å². The van der Waals surface area contributed by atoms with E-state index in [2.05, 4.69) is 4.98 Å². The van der Waals surface area contributed by atoms with Crippen LogP contribution < -0.4 is 0 Å². The highest BCUT2D eigenvalue weighted by Crippen LogP contribution is 2.26. The second-order valence-electron chi connectivity index (χ2n) is 2.96. The number of carboxylic acid groups (broad SMARTS) is 1. The normalized spacial score (nSPS) is 10.5. The van der Waals surface area contributed by atoms with E-state index >= 15 is 0 Å². The van der Waals surface area contributed by atoms with Gasteiger partial charge in [-0.3, -0.25) is 0 Å². The maximum Gasteiger partial charge on any atom is 0.339 e. The van der Waals surface area contributed by atoms with E-state index in [0.29, 0.717) is 15.8 Å². The smallest absolute Gasteiger partial charge is 0.339 e. The van der Waals surface area contributed by atoms with Crippen LogP contribution in [0.2, 0.25) is 10.2 Å².